The number of fused-ring (bicyclic) bond motifs is 1. The first-order valence-corrected chi connectivity index (χ1v) is 7.02. The number of allylic oxidation sites excluding steroid dienone is 1. The average molecular weight is 258 g/mol. The summed E-state index contributed by atoms with van der Waals surface area (Å²) in [6.07, 6.45) is 4.48. The Hall–Kier alpha value is -1.52. The topological polar surface area (TPSA) is 25.8 Å². The summed E-state index contributed by atoms with van der Waals surface area (Å²) in [5, 5.41) is 5.39. The summed E-state index contributed by atoms with van der Waals surface area (Å²) < 4.78 is 0. The van der Waals surface area contributed by atoms with E-state index in [-0.39, 0.29) is 0 Å². The first-order chi connectivity index (χ1) is 8.38. The fraction of sp³-hybridized carbons (Fsp3) is 0.0769. The molecule has 0 unspecified atom stereocenters. The highest BCUT2D eigenvalue weighted by Crippen LogP contribution is 2.34. The fourth-order valence-electron chi connectivity index (χ4n) is 1.70. The molecule has 3 aromatic heterocycles. The van der Waals surface area contributed by atoms with Crippen LogP contribution in [-0.4, -0.2) is 9.97 Å². The second-order valence-corrected chi connectivity index (χ2v) is 5.43. The second kappa shape index (κ2) is 4.39. The predicted octanol–water partition coefficient (Wildman–Crippen LogP) is 4.15. The number of aromatic nitrogens is 2. The first-order valence-electron chi connectivity index (χ1n) is 5.26. The summed E-state index contributed by atoms with van der Waals surface area (Å²) in [5.41, 5.74) is 1.24. The van der Waals surface area contributed by atoms with Crippen LogP contribution in [0.4, 0.5) is 0 Å². The van der Waals surface area contributed by atoms with Crippen LogP contribution in [0.2, 0.25) is 0 Å². The SMILES string of the molecule is C=CCc1ncc2c(-c3cccs3)csc2n1. The van der Waals surface area contributed by atoms with Crippen molar-refractivity contribution in [3.8, 4) is 10.4 Å². The van der Waals surface area contributed by atoms with E-state index in [9.17, 15) is 0 Å². The first kappa shape index (κ1) is 10.6. The molecule has 0 saturated carbocycles. The monoisotopic (exact) mass is 258 g/mol. The number of thiophene rings is 2. The van der Waals surface area contributed by atoms with E-state index in [0.717, 1.165) is 22.5 Å². The third-order valence-electron chi connectivity index (χ3n) is 2.50. The standard InChI is InChI=1S/C13H10N2S2/c1-2-4-12-14-7-9-10(8-17-13(9)15-12)11-5-3-6-16-11/h2-3,5-8H,1,4H2. The van der Waals surface area contributed by atoms with Crippen LogP contribution in [0.5, 0.6) is 0 Å². The summed E-state index contributed by atoms with van der Waals surface area (Å²) in [6.45, 7) is 3.71. The molecule has 84 valence electrons. The molecule has 17 heavy (non-hydrogen) atoms. The smallest absolute Gasteiger partial charge is 0.133 e. The van der Waals surface area contributed by atoms with E-state index in [1.54, 1.807) is 22.7 Å². The molecule has 0 N–H and O–H groups in total. The fourth-order valence-corrected chi connectivity index (χ4v) is 3.47. The zero-order chi connectivity index (χ0) is 11.7. The maximum atomic E-state index is 4.54. The molecule has 0 amide bonds. The molecule has 0 aliphatic carbocycles. The Bertz CT molecular complexity index is 653. The lowest BCUT2D eigenvalue weighted by Crippen LogP contribution is -1.91. The van der Waals surface area contributed by atoms with Crippen molar-refractivity contribution in [2.75, 3.05) is 0 Å². The molecular weight excluding hydrogens is 248 g/mol. The van der Waals surface area contributed by atoms with Gasteiger partial charge in [0.15, 0.2) is 0 Å². The number of rotatable bonds is 3. The molecule has 0 bridgehead atoms. The Morgan fingerprint density at radius 1 is 1.35 bits per heavy atom. The van der Waals surface area contributed by atoms with E-state index in [2.05, 4.69) is 39.4 Å². The molecule has 3 heterocycles. The maximum absolute atomic E-state index is 4.54. The van der Waals surface area contributed by atoms with Crippen LogP contribution >= 0.6 is 22.7 Å². The molecule has 0 radical (unpaired) electrons. The van der Waals surface area contributed by atoms with Crippen molar-refractivity contribution in [2.24, 2.45) is 0 Å². The van der Waals surface area contributed by atoms with Crippen LogP contribution in [0.1, 0.15) is 5.82 Å². The van der Waals surface area contributed by atoms with Crippen LogP contribution in [0, 0.1) is 0 Å². The summed E-state index contributed by atoms with van der Waals surface area (Å²) >= 11 is 3.42. The average Bonchev–Trinajstić information content (AvgIpc) is 2.96. The van der Waals surface area contributed by atoms with Crippen molar-refractivity contribution in [3.63, 3.8) is 0 Å². The van der Waals surface area contributed by atoms with Gasteiger partial charge < -0.3 is 0 Å². The van der Waals surface area contributed by atoms with E-state index < -0.39 is 0 Å². The Morgan fingerprint density at radius 3 is 3.06 bits per heavy atom. The van der Waals surface area contributed by atoms with Crippen molar-refractivity contribution in [1.29, 1.82) is 0 Å². The predicted molar refractivity (Wildman–Crippen MR) is 74.6 cm³/mol. The van der Waals surface area contributed by atoms with E-state index in [4.69, 9.17) is 0 Å². The molecule has 4 heteroatoms. The van der Waals surface area contributed by atoms with Crippen LogP contribution in [-0.2, 0) is 6.42 Å². The van der Waals surface area contributed by atoms with Gasteiger partial charge in [-0.1, -0.05) is 12.1 Å². The molecule has 0 atom stereocenters. The van der Waals surface area contributed by atoms with Gasteiger partial charge >= 0.3 is 0 Å². The number of hydrogen-bond donors (Lipinski definition) is 0. The summed E-state index contributed by atoms with van der Waals surface area (Å²) in [5.74, 6) is 0.840. The van der Waals surface area contributed by atoms with Crippen molar-refractivity contribution in [2.45, 2.75) is 6.42 Å². The zero-order valence-corrected chi connectivity index (χ0v) is 10.7. The Kier molecular flexibility index (Phi) is 2.74. The van der Waals surface area contributed by atoms with Gasteiger partial charge in [0.25, 0.3) is 0 Å². The summed E-state index contributed by atoms with van der Waals surface area (Å²) in [7, 11) is 0. The maximum Gasteiger partial charge on any atom is 0.133 e. The van der Waals surface area contributed by atoms with Crippen LogP contribution in [0.3, 0.4) is 0 Å². The number of nitrogens with zero attached hydrogens (tertiary/aromatic N) is 2. The molecule has 2 nitrogen and oxygen atoms in total. The van der Waals surface area contributed by atoms with Crippen LogP contribution in [0.15, 0.2) is 41.7 Å². The highest BCUT2D eigenvalue weighted by Gasteiger charge is 2.09. The Morgan fingerprint density at radius 2 is 2.29 bits per heavy atom. The van der Waals surface area contributed by atoms with Gasteiger partial charge in [-0.15, -0.1) is 29.3 Å². The van der Waals surface area contributed by atoms with Gasteiger partial charge in [-0.2, -0.15) is 0 Å². The van der Waals surface area contributed by atoms with Crippen molar-refractivity contribution in [1.82, 2.24) is 9.97 Å². The van der Waals surface area contributed by atoms with Crippen molar-refractivity contribution in [3.05, 3.63) is 47.6 Å². The van der Waals surface area contributed by atoms with Gasteiger partial charge in [0.2, 0.25) is 0 Å². The Balaban J connectivity index is 2.14. The quantitative estimate of drug-likeness (QED) is 0.660. The lowest BCUT2D eigenvalue weighted by atomic mass is 10.2. The molecule has 0 aliphatic rings. The van der Waals surface area contributed by atoms with Gasteiger partial charge in [0, 0.05) is 33.8 Å². The molecule has 3 rings (SSSR count). The van der Waals surface area contributed by atoms with E-state index in [1.165, 1.54) is 10.4 Å². The highest BCUT2D eigenvalue weighted by atomic mass is 32.1. The van der Waals surface area contributed by atoms with Crippen molar-refractivity contribution < 1.29 is 0 Å². The molecular formula is C13H10N2S2. The van der Waals surface area contributed by atoms with Crippen molar-refractivity contribution >= 4 is 32.9 Å². The van der Waals surface area contributed by atoms with Gasteiger partial charge in [0.05, 0.1) is 0 Å². The van der Waals surface area contributed by atoms with E-state index in [1.807, 2.05) is 12.3 Å². The molecule has 0 fully saturated rings. The van der Waals surface area contributed by atoms with E-state index in [0.29, 0.717) is 0 Å². The van der Waals surface area contributed by atoms with Gasteiger partial charge in [0.1, 0.15) is 10.7 Å². The Labute approximate surface area is 107 Å². The zero-order valence-electron chi connectivity index (χ0n) is 9.09. The van der Waals surface area contributed by atoms with Crippen LogP contribution < -0.4 is 0 Å². The van der Waals surface area contributed by atoms with Gasteiger partial charge in [-0.05, 0) is 11.4 Å². The molecule has 0 spiro atoms. The lowest BCUT2D eigenvalue weighted by Gasteiger charge is -1.97. The van der Waals surface area contributed by atoms with Crippen LogP contribution in [0.25, 0.3) is 20.7 Å². The highest BCUT2D eigenvalue weighted by molar-refractivity contribution is 7.18. The van der Waals surface area contributed by atoms with Gasteiger partial charge in [-0.3, -0.25) is 0 Å². The summed E-state index contributed by atoms with van der Waals surface area (Å²) in [6, 6.07) is 4.19. The largest absolute Gasteiger partial charge is 0.240 e. The molecule has 3 aromatic rings. The third kappa shape index (κ3) is 1.90. The minimum Gasteiger partial charge on any atom is -0.240 e. The molecule has 0 saturated heterocycles. The minimum absolute atomic E-state index is 0.724. The second-order valence-electron chi connectivity index (χ2n) is 3.62. The molecule has 0 aromatic carbocycles. The molecule has 0 aliphatic heterocycles. The number of hydrogen-bond acceptors (Lipinski definition) is 4. The van der Waals surface area contributed by atoms with E-state index >= 15 is 0 Å². The summed E-state index contributed by atoms with van der Waals surface area (Å²) in [4.78, 5) is 11.2. The normalized spacial score (nSPS) is 10.8. The third-order valence-corrected chi connectivity index (χ3v) is 4.29. The lowest BCUT2D eigenvalue weighted by molar-refractivity contribution is 1.02. The van der Waals surface area contributed by atoms with Gasteiger partial charge in [-0.25, -0.2) is 9.97 Å². The minimum atomic E-state index is 0.724.